The topological polar surface area (TPSA) is 38.3 Å². The zero-order valence-corrected chi connectivity index (χ0v) is 9.95. The van der Waals surface area contributed by atoms with Gasteiger partial charge in [0.05, 0.1) is 0 Å². The van der Waals surface area contributed by atoms with Gasteiger partial charge in [-0.25, -0.2) is 9.18 Å². The van der Waals surface area contributed by atoms with Crippen molar-refractivity contribution in [3.8, 4) is 5.75 Å². The summed E-state index contributed by atoms with van der Waals surface area (Å²) < 4.78 is 18.1. The molecule has 1 N–H and O–H groups in total. The van der Waals surface area contributed by atoms with Gasteiger partial charge in [-0.15, -0.1) is 0 Å². The van der Waals surface area contributed by atoms with E-state index in [1.54, 1.807) is 24.3 Å². The average Bonchev–Trinajstić information content (AvgIpc) is 2.35. The van der Waals surface area contributed by atoms with Crippen molar-refractivity contribution in [3.05, 3.63) is 59.4 Å². The minimum Gasteiger partial charge on any atom is -0.407 e. The fraction of sp³-hybridized carbons (Fsp3) is 0. The van der Waals surface area contributed by atoms with Crippen LogP contribution in [0.1, 0.15) is 0 Å². The SMILES string of the molecule is O=C(Nc1ccccc1)Oc1cc(Cl)ccc1F. The van der Waals surface area contributed by atoms with Crippen molar-refractivity contribution in [2.45, 2.75) is 0 Å². The van der Waals surface area contributed by atoms with E-state index in [1.165, 1.54) is 12.1 Å². The van der Waals surface area contributed by atoms with E-state index in [1.807, 2.05) is 6.07 Å². The molecular formula is C13H9ClFNO2. The molecule has 2 rings (SSSR count). The number of para-hydroxylation sites is 1. The minimum atomic E-state index is -0.776. The first-order valence-electron chi connectivity index (χ1n) is 5.14. The van der Waals surface area contributed by atoms with Gasteiger partial charge in [-0.2, -0.15) is 0 Å². The maximum Gasteiger partial charge on any atom is 0.417 e. The Balaban J connectivity index is 2.05. The summed E-state index contributed by atoms with van der Waals surface area (Å²) in [6.07, 6.45) is -0.776. The Kier molecular flexibility index (Phi) is 3.79. The molecule has 0 unspecified atom stereocenters. The number of ether oxygens (including phenoxy) is 1. The predicted octanol–water partition coefficient (Wildman–Crippen LogP) is 4.09. The van der Waals surface area contributed by atoms with E-state index in [4.69, 9.17) is 16.3 Å². The number of hydrogen-bond donors (Lipinski definition) is 1. The summed E-state index contributed by atoms with van der Waals surface area (Å²) in [7, 11) is 0. The normalized spacial score (nSPS) is 9.89. The average molecular weight is 266 g/mol. The van der Waals surface area contributed by atoms with Gasteiger partial charge in [-0.1, -0.05) is 29.8 Å². The third kappa shape index (κ3) is 3.21. The molecule has 0 atom stereocenters. The molecule has 0 aliphatic rings. The van der Waals surface area contributed by atoms with Gasteiger partial charge < -0.3 is 4.74 Å². The molecule has 0 heterocycles. The summed E-state index contributed by atoms with van der Waals surface area (Å²) in [6.45, 7) is 0. The molecule has 18 heavy (non-hydrogen) atoms. The van der Waals surface area contributed by atoms with Gasteiger partial charge in [0.25, 0.3) is 0 Å². The van der Waals surface area contributed by atoms with Crippen molar-refractivity contribution in [3.63, 3.8) is 0 Å². The molecule has 0 aliphatic carbocycles. The lowest BCUT2D eigenvalue weighted by Crippen LogP contribution is -2.17. The second kappa shape index (κ2) is 5.51. The third-order valence-corrected chi connectivity index (χ3v) is 2.35. The van der Waals surface area contributed by atoms with Gasteiger partial charge in [0, 0.05) is 16.8 Å². The number of amides is 1. The van der Waals surface area contributed by atoms with Crippen LogP contribution >= 0.6 is 11.6 Å². The Bertz CT molecular complexity index is 560. The van der Waals surface area contributed by atoms with E-state index in [0.29, 0.717) is 10.7 Å². The summed E-state index contributed by atoms with van der Waals surface area (Å²) in [6, 6.07) is 12.5. The summed E-state index contributed by atoms with van der Waals surface area (Å²) in [5.41, 5.74) is 0.560. The highest BCUT2D eigenvalue weighted by Crippen LogP contribution is 2.22. The first-order chi connectivity index (χ1) is 8.65. The van der Waals surface area contributed by atoms with Gasteiger partial charge in [0.2, 0.25) is 0 Å². The monoisotopic (exact) mass is 265 g/mol. The molecule has 0 saturated carbocycles. The fourth-order valence-electron chi connectivity index (χ4n) is 1.32. The number of rotatable bonds is 2. The third-order valence-electron chi connectivity index (χ3n) is 2.12. The zero-order chi connectivity index (χ0) is 13.0. The summed E-state index contributed by atoms with van der Waals surface area (Å²) in [5, 5.41) is 2.76. The van der Waals surface area contributed by atoms with E-state index in [9.17, 15) is 9.18 Å². The van der Waals surface area contributed by atoms with Crippen LogP contribution in [0.15, 0.2) is 48.5 Å². The van der Waals surface area contributed by atoms with E-state index in [2.05, 4.69) is 5.32 Å². The standard InChI is InChI=1S/C13H9ClFNO2/c14-9-6-7-11(15)12(8-9)18-13(17)16-10-4-2-1-3-5-10/h1-8H,(H,16,17). The van der Waals surface area contributed by atoms with Crippen LogP contribution in [0, 0.1) is 5.82 Å². The number of benzene rings is 2. The molecule has 0 saturated heterocycles. The molecule has 0 bridgehead atoms. The Morgan fingerprint density at radius 1 is 1.17 bits per heavy atom. The maximum absolute atomic E-state index is 13.3. The van der Waals surface area contributed by atoms with Crippen molar-refractivity contribution < 1.29 is 13.9 Å². The molecular weight excluding hydrogens is 257 g/mol. The van der Waals surface area contributed by atoms with E-state index < -0.39 is 11.9 Å². The second-order valence-electron chi connectivity index (χ2n) is 3.46. The molecule has 3 nitrogen and oxygen atoms in total. The summed E-state index contributed by atoms with van der Waals surface area (Å²) in [4.78, 5) is 11.5. The van der Waals surface area contributed by atoms with Crippen molar-refractivity contribution >= 4 is 23.4 Å². The first-order valence-corrected chi connectivity index (χ1v) is 5.52. The van der Waals surface area contributed by atoms with Gasteiger partial charge in [-0.05, 0) is 24.3 Å². The first kappa shape index (κ1) is 12.4. The number of carbonyl (C=O) groups excluding carboxylic acids is 1. The van der Waals surface area contributed by atoms with E-state index in [-0.39, 0.29) is 5.75 Å². The smallest absolute Gasteiger partial charge is 0.407 e. The number of hydrogen-bond acceptors (Lipinski definition) is 2. The molecule has 2 aromatic carbocycles. The van der Waals surface area contributed by atoms with E-state index in [0.717, 1.165) is 6.07 Å². The molecule has 0 fully saturated rings. The molecule has 92 valence electrons. The Labute approximate surface area is 108 Å². The molecule has 0 spiro atoms. The summed E-state index contributed by atoms with van der Waals surface area (Å²) >= 11 is 5.68. The molecule has 0 radical (unpaired) electrons. The zero-order valence-electron chi connectivity index (χ0n) is 9.19. The van der Waals surface area contributed by atoms with Crippen LogP contribution in [0.25, 0.3) is 0 Å². The maximum atomic E-state index is 13.3. The largest absolute Gasteiger partial charge is 0.417 e. The molecule has 5 heteroatoms. The fourth-order valence-corrected chi connectivity index (χ4v) is 1.48. The Morgan fingerprint density at radius 3 is 2.61 bits per heavy atom. The van der Waals surface area contributed by atoms with Gasteiger partial charge >= 0.3 is 6.09 Å². The van der Waals surface area contributed by atoms with Gasteiger partial charge in [0.1, 0.15) is 0 Å². The molecule has 2 aromatic rings. The van der Waals surface area contributed by atoms with Gasteiger partial charge in [0.15, 0.2) is 11.6 Å². The van der Waals surface area contributed by atoms with E-state index >= 15 is 0 Å². The molecule has 0 aromatic heterocycles. The molecule has 0 aliphatic heterocycles. The lowest BCUT2D eigenvalue weighted by atomic mass is 10.3. The molecule has 1 amide bonds. The summed E-state index contributed by atoms with van der Waals surface area (Å²) in [5.74, 6) is -0.862. The van der Waals surface area contributed by atoms with Crippen LogP contribution in [0.5, 0.6) is 5.75 Å². The number of anilines is 1. The number of nitrogens with one attached hydrogen (secondary N) is 1. The van der Waals surface area contributed by atoms with Crippen LogP contribution in [0.3, 0.4) is 0 Å². The minimum absolute atomic E-state index is 0.212. The predicted molar refractivity (Wildman–Crippen MR) is 67.5 cm³/mol. The number of halogens is 2. The van der Waals surface area contributed by atoms with Crippen LogP contribution in [-0.4, -0.2) is 6.09 Å². The highest BCUT2D eigenvalue weighted by molar-refractivity contribution is 6.30. The van der Waals surface area contributed by atoms with Crippen molar-refractivity contribution in [1.29, 1.82) is 0 Å². The Hall–Kier alpha value is -2.07. The quantitative estimate of drug-likeness (QED) is 0.888. The van der Waals surface area contributed by atoms with Crippen molar-refractivity contribution in [2.75, 3.05) is 5.32 Å². The lowest BCUT2D eigenvalue weighted by molar-refractivity contribution is 0.213. The van der Waals surface area contributed by atoms with Crippen LogP contribution < -0.4 is 10.1 Å². The Morgan fingerprint density at radius 2 is 1.89 bits per heavy atom. The number of carbonyl (C=O) groups is 1. The highest BCUT2D eigenvalue weighted by atomic mass is 35.5. The van der Waals surface area contributed by atoms with Gasteiger partial charge in [-0.3, -0.25) is 5.32 Å². The van der Waals surface area contributed by atoms with Crippen LogP contribution in [-0.2, 0) is 0 Å². The second-order valence-corrected chi connectivity index (χ2v) is 3.89. The van der Waals surface area contributed by atoms with Crippen LogP contribution in [0.2, 0.25) is 5.02 Å². The van der Waals surface area contributed by atoms with Crippen molar-refractivity contribution in [2.24, 2.45) is 0 Å². The highest BCUT2D eigenvalue weighted by Gasteiger charge is 2.10. The lowest BCUT2D eigenvalue weighted by Gasteiger charge is -2.07. The van der Waals surface area contributed by atoms with Crippen LogP contribution in [0.4, 0.5) is 14.9 Å². The van der Waals surface area contributed by atoms with Crippen molar-refractivity contribution in [1.82, 2.24) is 0 Å².